The number of sulfonamides is 1. The summed E-state index contributed by atoms with van der Waals surface area (Å²) >= 11 is 0. The van der Waals surface area contributed by atoms with Crippen LogP contribution in [0.3, 0.4) is 0 Å². The SMILES string of the molecule is COCC1=CCN(S(=O)(=O)c2cccnc2N)CC1. The maximum atomic E-state index is 12.4. The molecule has 0 radical (unpaired) electrons. The predicted octanol–water partition coefficient (Wildman–Crippen LogP) is 0.631. The molecule has 0 aromatic carbocycles. The molecule has 7 heteroatoms. The lowest BCUT2D eigenvalue weighted by Gasteiger charge is -2.25. The molecule has 2 heterocycles. The summed E-state index contributed by atoms with van der Waals surface area (Å²) in [6.07, 6.45) is 4.03. The second kappa shape index (κ2) is 5.68. The first kappa shape index (κ1) is 14.0. The van der Waals surface area contributed by atoms with Gasteiger partial charge in [0.25, 0.3) is 0 Å². The molecule has 2 rings (SSSR count). The average Bonchev–Trinajstić information content (AvgIpc) is 2.40. The molecule has 0 saturated carbocycles. The lowest BCUT2D eigenvalue weighted by Crippen LogP contribution is -2.35. The molecule has 0 fully saturated rings. The summed E-state index contributed by atoms with van der Waals surface area (Å²) < 4.78 is 31.3. The number of rotatable bonds is 4. The third-order valence-corrected chi connectivity index (χ3v) is 4.93. The Balaban J connectivity index is 2.21. The van der Waals surface area contributed by atoms with Crippen LogP contribution in [0.15, 0.2) is 34.9 Å². The van der Waals surface area contributed by atoms with Crippen molar-refractivity contribution >= 4 is 15.8 Å². The smallest absolute Gasteiger partial charge is 0.247 e. The van der Waals surface area contributed by atoms with Crippen molar-refractivity contribution in [2.24, 2.45) is 0 Å². The van der Waals surface area contributed by atoms with Crippen molar-refractivity contribution in [2.45, 2.75) is 11.3 Å². The summed E-state index contributed by atoms with van der Waals surface area (Å²) in [5.41, 5.74) is 6.75. The fourth-order valence-electron chi connectivity index (χ4n) is 1.99. The fraction of sp³-hybridized carbons (Fsp3) is 0.417. The van der Waals surface area contributed by atoms with Gasteiger partial charge in [-0.1, -0.05) is 6.08 Å². The first-order valence-electron chi connectivity index (χ1n) is 5.93. The van der Waals surface area contributed by atoms with Gasteiger partial charge in [-0.3, -0.25) is 0 Å². The summed E-state index contributed by atoms with van der Waals surface area (Å²) in [6.45, 7) is 1.32. The maximum absolute atomic E-state index is 12.4. The number of pyridine rings is 1. The van der Waals surface area contributed by atoms with Crippen LogP contribution >= 0.6 is 0 Å². The highest BCUT2D eigenvalue weighted by Crippen LogP contribution is 2.23. The molecule has 1 aromatic heterocycles. The van der Waals surface area contributed by atoms with Crippen LogP contribution in [-0.2, 0) is 14.8 Å². The summed E-state index contributed by atoms with van der Waals surface area (Å²) in [4.78, 5) is 3.89. The van der Waals surface area contributed by atoms with Gasteiger partial charge in [0.1, 0.15) is 10.7 Å². The summed E-state index contributed by atoms with van der Waals surface area (Å²) in [5, 5.41) is 0. The van der Waals surface area contributed by atoms with Gasteiger partial charge in [0, 0.05) is 26.4 Å². The zero-order chi connectivity index (χ0) is 13.9. The molecular weight excluding hydrogens is 266 g/mol. The summed E-state index contributed by atoms with van der Waals surface area (Å²) in [5.74, 6) is 0.0363. The lowest BCUT2D eigenvalue weighted by atomic mass is 10.1. The third-order valence-electron chi connectivity index (χ3n) is 3.01. The highest BCUT2D eigenvalue weighted by molar-refractivity contribution is 7.89. The number of nitrogen functional groups attached to an aromatic ring is 1. The monoisotopic (exact) mass is 283 g/mol. The van der Waals surface area contributed by atoms with Crippen LogP contribution in [0.2, 0.25) is 0 Å². The van der Waals surface area contributed by atoms with E-state index in [0.29, 0.717) is 26.1 Å². The molecule has 1 aliphatic heterocycles. The van der Waals surface area contributed by atoms with Crippen LogP contribution in [0.25, 0.3) is 0 Å². The highest BCUT2D eigenvalue weighted by atomic mass is 32.2. The Hall–Kier alpha value is -1.44. The van der Waals surface area contributed by atoms with E-state index >= 15 is 0 Å². The van der Waals surface area contributed by atoms with E-state index in [2.05, 4.69) is 4.98 Å². The molecule has 6 nitrogen and oxygen atoms in total. The third kappa shape index (κ3) is 2.94. The first-order valence-corrected chi connectivity index (χ1v) is 7.37. The number of ether oxygens (including phenoxy) is 1. The number of nitrogens with zero attached hydrogens (tertiary/aromatic N) is 2. The maximum Gasteiger partial charge on any atom is 0.247 e. The Morgan fingerprint density at radius 3 is 2.89 bits per heavy atom. The lowest BCUT2D eigenvalue weighted by molar-refractivity contribution is 0.219. The zero-order valence-electron chi connectivity index (χ0n) is 10.7. The minimum absolute atomic E-state index is 0.0363. The Kier molecular flexibility index (Phi) is 4.18. The van der Waals surface area contributed by atoms with Gasteiger partial charge in [-0.05, 0) is 24.1 Å². The van der Waals surface area contributed by atoms with E-state index in [1.807, 2.05) is 6.08 Å². The van der Waals surface area contributed by atoms with Crippen LogP contribution in [0.4, 0.5) is 5.82 Å². The van der Waals surface area contributed by atoms with Crippen molar-refractivity contribution in [3.05, 3.63) is 30.0 Å². The molecular formula is C12H17N3O3S. The number of aromatic nitrogens is 1. The Morgan fingerprint density at radius 2 is 2.32 bits per heavy atom. The number of methoxy groups -OCH3 is 1. The van der Waals surface area contributed by atoms with Crippen molar-refractivity contribution in [1.29, 1.82) is 0 Å². The minimum Gasteiger partial charge on any atom is -0.383 e. The van der Waals surface area contributed by atoms with Gasteiger partial charge in [0.05, 0.1) is 6.61 Å². The van der Waals surface area contributed by atoms with Crippen LogP contribution in [0.1, 0.15) is 6.42 Å². The van der Waals surface area contributed by atoms with Gasteiger partial charge < -0.3 is 10.5 Å². The van der Waals surface area contributed by atoms with Crippen LogP contribution < -0.4 is 5.73 Å². The van der Waals surface area contributed by atoms with Gasteiger partial charge in [-0.25, -0.2) is 13.4 Å². The molecule has 104 valence electrons. The number of nitrogens with two attached hydrogens (primary N) is 1. The minimum atomic E-state index is -3.57. The van der Waals surface area contributed by atoms with Crippen molar-refractivity contribution < 1.29 is 13.2 Å². The molecule has 1 aromatic rings. The number of hydrogen-bond donors (Lipinski definition) is 1. The Labute approximate surface area is 112 Å². The molecule has 0 unspecified atom stereocenters. The van der Waals surface area contributed by atoms with Gasteiger partial charge in [0.2, 0.25) is 10.0 Å². The topological polar surface area (TPSA) is 85.5 Å². The van der Waals surface area contributed by atoms with E-state index in [1.165, 1.54) is 16.6 Å². The molecule has 19 heavy (non-hydrogen) atoms. The van der Waals surface area contributed by atoms with Crippen LogP contribution in [-0.4, -0.2) is 44.5 Å². The number of hydrogen-bond acceptors (Lipinski definition) is 5. The zero-order valence-corrected chi connectivity index (χ0v) is 11.6. The number of anilines is 1. The van der Waals surface area contributed by atoms with E-state index < -0.39 is 10.0 Å². The average molecular weight is 283 g/mol. The van der Waals surface area contributed by atoms with Gasteiger partial charge in [0.15, 0.2) is 0 Å². The fourth-order valence-corrected chi connectivity index (χ4v) is 3.44. The standard InChI is InChI=1S/C12H17N3O3S/c1-18-9-10-4-7-15(8-5-10)19(16,17)11-3-2-6-14-12(11)13/h2-4,6H,5,7-9H2,1H3,(H2,13,14). The molecule has 0 amide bonds. The Morgan fingerprint density at radius 1 is 1.53 bits per heavy atom. The van der Waals surface area contributed by atoms with Crippen LogP contribution in [0.5, 0.6) is 0 Å². The van der Waals surface area contributed by atoms with Gasteiger partial charge in [-0.15, -0.1) is 0 Å². The van der Waals surface area contributed by atoms with Crippen molar-refractivity contribution in [2.75, 3.05) is 32.5 Å². The molecule has 0 saturated heterocycles. The van der Waals surface area contributed by atoms with E-state index in [-0.39, 0.29) is 10.7 Å². The summed E-state index contributed by atoms with van der Waals surface area (Å²) in [7, 11) is -1.95. The van der Waals surface area contributed by atoms with E-state index in [0.717, 1.165) is 5.57 Å². The molecule has 0 bridgehead atoms. The molecule has 0 spiro atoms. The highest BCUT2D eigenvalue weighted by Gasteiger charge is 2.28. The van der Waals surface area contributed by atoms with Crippen molar-refractivity contribution in [3.63, 3.8) is 0 Å². The second-order valence-electron chi connectivity index (χ2n) is 4.30. The van der Waals surface area contributed by atoms with Crippen molar-refractivity contribution in [1.82, 2.24) is 9.29 Å². The van der Waals surface area contributed by atoms with E-state index in [1.54, 1.807) is 13.2 Å². The normalized spacial score (nSPS) is 17.2. The summed E-state index contributed by atoms with van der Waals surface area (Å²) in [6, 6.07) is 3.05. The largest absolute Gasteiger partial charge is 0.383 e. The molecule has 1 aliphatic rings. The Bertz CT molecular complexity index is 584. The molecule has 2 N–H and O–H groups in total. The predicted molar refractivity (Wildman–Crippen MR) is 72.0 cm³/mol. The van der Waals surface area contributed by atoms with Gasteiger partial charge in [-0.2, -0.15) is 4.31 Å². The van der Waals surface area contributed by atoms with Crippen molar-refractivity contribution in [3.8, 4) is 0 Å². The van der Waals surface area contributed by atoms with E-state index in [4.69, 9.17) is 10.5 Å². The second-order valence-corrected chi connectivity index (χ2v) is 6.20. The van der Waals surface area contributed by atoms with Crippen LogP contribution in [0, 0.1) is 0 Å². The molecule has 0 atom stereocenters. The quantitative estimate of drug-likeness (QED) is 0.819. The van der Waals surface area contributed by atoms with E-state index in [9.17, 15) is 8.42 Å². The molecule has 0 aliphatic carbocycles. The first-order chi connectivity index (χ1) is 9.05. The van der Waals surface area contributed by atoms with Gasteiger partial charge >= 0.3 is 0 Å².